The summed E-state index contributed by atoms with van der Waals surface area (Å²) in [5.74, 6) is 0.579. The third-order valence-corrected chi connectivity index (χ3v) is 7.58. The number of hydrogen-bond acceptors (Lipinski definition) is 5. The maximum atomic E-state index is 12.5. The second kappa shape index (κ2) is 15.4. The molecule has 1 aliphatic rings. The molecule has 4 rings (SSSR count). The average Bonchev–Trinajstić information content (AvgIpc) is 3.44. The van der Waals surface area contributed by atoms with Gasteiger partial charge in [-0.25, -0.2) is 0 Å². The van der Waals surface area contributed by atoms with Crippen LogP contribution in [0.4, 0.5) is 5.69 Å². The van der Waals surface area contributed by atoms with Gasteiger partial charge in [-0.2, -0.15) is 0 Å². The fourth-order valence-electron chi connectivity index (χ4n) is 4.61. The predicted octanol–water partition coefficient (Wildman–Crippen LogP) is 5.74. The molecule has 1 aromatic heterocycles. The van der Waals surface area contributed by atoms with Crippen molar-refractivity contribution in [1.29, 1.82) is 0 Å². The van der Waals surface area contributed by atoms with Crippen molar-refractivity contribution in [3.63, 3.8) is 0 Å². The number of amides is 1. The van der Waals surface area contributed by atoms with Crippen molar-refractivity contribution < 1.29 is 9.90 Å². The second-order valence-corrected chi connectivity index (χ2v) is 10.2. The molecule has 1 saturated heterocycles. The van der Waals surface area contributed by atoms with Gasteiger partial charge in [0.15, 0.2) is 0 Å². The zero-order chi connectivity index (χ0) is 25.6. The summed E-state index contributed by atoms with van der Waals surface area (Å²) in [4.78, 5) is 18.5. The zero-order valence-corrected chi connectivity index (χ0v) is 22.6. The Labute approximate surface area is 220 Å². The lowest BCUT2D eigenvalue weighted by molar-refractivity contribution is -0.119. The molecule has 1 amide bonds. The minimum atomic E-state index is 0.198. The monoisotopic (exact) mass is 507 g/mol. The van der Waals surface area contributed by atoms with Crippen LogP contribution in [0.3, 0.4) is 0 Å². The van der Waals surface area contributed by atoms with Crippen molar-refractivity contribution >= 4 is 22.9 Å². The second-order valence-electron chi connectivity index (χ2n) is 9.19. The molecule has 2 N–H and O–H groups in total. The maximum Gasteiger partial charge on any atom is 0.226 e. The summed E-state index contributed by atoms with van der Waals surface area (Å²) < 4.78 is 0. The van der Waals surface area contributed by atoms with Gasteiger partial charge in [-0.1, -0.05) is 49.4 Å². The lowest BCUT2D eigenvalue weighted by atomic mass is 10.0. The van der Waals surface area contributed by atoms with Crippen LogP contribution in [0.1, 0.15) is 43.0 Å². The van der Waals surface area contributed by atoms with Gasteiger partial charge in [0.1, 0.15) is 5.75 Å². The highest BCUT2D eigenvalue weighted by molar-refractivity contribution is 7.09. The van der Waals surface area contributed by atoms with Crippen LogP contribution in [-0.4, -0.2) is 55.2 Å². The highest BCUT2D eigenvalue weighted by atomic mass is 32.1. The van der Waals surface area contributed by atoms with E-state index in [1.54, 1.807) is 6.07 Å². The van der Waals surface area contributed by atoms with Crippen molar-refractivity contribution in [3.05, 3.63) is 82.6 Å². The molecule has 0 radical (unpaired) electrons. The Bertz CT molecular complexity index is 1000. The average molecular weight is 508 g/mol. The number of piperidine rings is 1. The maximum absolute atomic E-state index is 12.5. The molecule has 0 saturated carbocycles. The Hall–Kier alpha value is -2.67. The number of phenolic OH excluding ortho intramolecular Hbond substituents is 1. The van der Waals surface area contributed by atoms with Crippen molar-refractivity contribution in [1.82, 2.24) is 10.2 Å². The van der Waals surface area contributed by atoms with Crippen LogP contribution in [-0.2, 0) is 17.6 Å². The van der Waals surface area contributed by atoms with Gasteiger partial charge in [0.25, 0.3) is 0 Å². The van der Waals surface area contributed by atoms with Crippen molar-refractivity contribution in [3.8, 4) is 5.75 Å². The van der Waals surface area contributed by atoms with E-state index in [1.807, 2.05) is 78.7 Å². The molecule has 1 aliphatic heterocycles. The van der Waals surface area contributed by atoms with Gasteiger partial charge in [-0.05, 0) is 80.9 Å². The molecule has 0 aliphatic carbocycles. The first-order valence-electron chi connectivity index (χ1n) is 13.2. The molecule has 2 aromatic carbocycles. The van der Waals surface area contributed by atoms with Gasteiger partial charge in [0.05, 0.1) is 0 Å². The number of para-hydroxylation sites is 2. The van der Waals surface area contributed by atoms with Crippen LogP contribution < -0.4 is 10.2 Å². The molecule has 194 valence electrons. The van der Waals surface area contributed by atoms with Crippen LogP contribution >= 0.6 is 11.3 Å². The number of rotatable bonds is 10. The zero-order valence-electron chi connectivity index (χ0n) is 21.7. The van der Waals surface area contributed by atoms with Gasteiger partial charge < -0.3 is 20.2 Å². The van der Waals surface area contributed by atoms with Crippen molar-refractivity contribution in [2.75, 3.05) is 38.1 Å². The van der Waals surface area contributed by atoms with E-state index < -0.39 is 0 Å². The highest BCUT2D eigenvalue weighted by Gasteiger charge is 2.28. The molecular formula is C30H41N3O2S. The quantitative estimate of drug-likeness (QED) is 0.344. The number of likely N-dealkylation sites (tertiary alicyclic amines) is 1. The smallest absolute Gasteiger partial charge is 0.226 e. The van der Waals surface area contributed by atoms with Crippen molar-refractivity contribution in [2.45, 2.75) is 51.5 Å². The highest BCUT2D eigenvalue weighted by Crippen LogP contribution is 2.25. The SMILES string of the molecule is CCC(=O)N(c1ccccc1)C1CCN(CCc2ccccc2O)CC1.CNCCCc1cccs1. The molecule has 0 spiro atoms. The third kappa shape index (κ3) is 8.77. The molecule has 6 heteroatoms. The van der Waals surface area contributed by atoms with Crippen LogP contribution in [0, 0.1) is 0 Å². The number of nitrogens with one attached hydrogen (secondary N) is 1. The number of benzene rings is 2. The Morgan fingerprint density at radius 1 is 1.03 bits per heavy atom. The summed E-state index contributed by atoms with van der Waals surface area (Å²) in [6.45, 7) is 5.96. The van der Waals surface area contributed by atoms with Crippen LogP contribution in [0.15, 0.2) is 72.1 Å². The van der Waals surface area contributed by atoms with E-state index in [9.17, 15) is 9.90 Å². The summed E-state index contributed by atoms with van der Waals surface area (Å²) in [6.07, 6.45) is 5.83. The summed E-state index contributed by atoms with van der Waals surface area (Å²) >= 11 is 1.85. The number of thiophene rings is 1. The number of anilines is 1. The Morgan fingerprint density at radius 3 is 2.39 bits per heavy atom. The summed E-state index contributed by atoms with van der Waals surface area (Å²) in [6, 6.07) is 22.2. The first-order valence-corrected chi connectivity index (χ1v) is 14.0. The van der Waals surface area contributed by atoms with Gasteiger partial charge in [0.2, 0.25) is 5.91 Å². The number of aryl methyl sites for hydroxylation is 1. The van der Waals surface area contributed by atoms with E-state index in [0.717, 1.165) is 56.7 Å². The fraction of sp³-hybridized carbons (Fsp3) is 0.433. The largest absolute Gasteiger partial charge is 0.508 e. The summed E-state index contributed by atoms with van der Waals surface area (Å²) in [7, 11) is 1.99. The molecule has 36 heavy (non-hydrogen) atoms. The molecule has 3 aromatic rings. The lowest BCUT2D eigenvalue weighted by Crippen LogP contribution is -2.47. The Morgan fingerprint density at radius 2 is 1.75 bits per heavy atom. The van der Waals surface area contributed by atoms with Crippen LogP contribution in [0.5, 0.6) is 5.75 Å². The minimum Gasteiger partial charge on any atom is -0.508 e. The van der Waals surface area contributed by atoms with Crippen LogP contribution in [0.25, 0.3) is 0 Å². The normalized spacial score (nSPS) is 14.2. The fourth-order valence-corrected chi connectivity index (χ4v) is 5.36. The van der Waals surface area contributed by atoms with E-state index in [-0.39, 0.29) is 11.9 Å². The molecule has 0 unspecified atom stereocenters. The van der Waals surface area contributed by atoms with Crippen molar-refractivity contribution in [2.24, 2.45) is 0 Å². The van der Waals surface area contributed by atoms with Gasteiger partial charge in [-0.15, -0.1) is 11.3 Å². The van der Waals surface area contributed by atoms with Crippen LogP contribution in [0.2, 0.25) is 0 Å². The lowest BCUT2D eigenvalue weighted by Gasteiger charge is -2.38. The first-order chi connectivity index (χ1) is 17.6. The predicted molar refractivity (Wildman–Crippen MR) is 152 cm³/mol. The molecule has 2 heterocycles. The number of hydrogen-bond donors (Lipinski definition) is 2. The number of nitrogens with zero attached hydrogens (tertiary/aromatic N) is 2. The summed E-state index contributed by atoms with van der Waals surface area (Å²) in [5, 5.41) is 15.2. The van der Waals surface area contributed by atoms with Gasteiger partial charge in [-0.3, -0.25) is 4.79 Å². The van der Waals surface area contributed by atoms with E-state index >= 15 is 0 Å². The van der Waals surface area contributed by atoms with Gasteiger partial charge in [0, 0.05) is 42.7 Å². The molecule has 0 bridgehead atoms. The number of carbonyl (C=O) groups is 1. The first kappa shape index (κ1) is 27.9. The van der Waals surface area contributed by atoms with E-state index in [0.29, 0.717) is 12.2 Å². The van der Waals surface area contributed by atoms with E-state index in [4.69, 9.17) is 0 Å². The molecule has 5 nitrogen and oxygen atoms in total. The van der Waals surface area contributed by atoms with Gasteiger partial charge >= 0.3 is 0 Å². The van der Waals surface area contributed by atoms with E-state index in [2.05, 4.69) is 27.7 Å². The standard InChI is InChI=1S/C22H28N2O2.C8H13NS/c1-2-22(26)24(19-9-4-3-5-10-19)20-13-16-23(17-14-20)15-12-18-8-6-7-11-21(18)25;1-9-6-2-4-8-5-3-7-10-8/h3-11,20,25H,2,12-17H2,1H3;3,5,7,9H,2,4,6H2,1H3. The number of carbonyl (C=O) groups excluding carboxylic acids is 1. The Kier molecular flexibility index (Phi) is 12.0. The molecular weight excluding hydrogens is 466 g/mol. The third-order valence-electron chi connectivity index (χ3n) is 6.65. The summed E-state index contributed by atoms with van der Waals surface area (Å²) in [5.41, 5.74) is 2.01. The molecule has 1 fully saturated rings. The van der Waals surface area contributed by atoms with E-state index in [1.165, 1.54) is 17.7 Å². The Balaban J connectivity index is 0.000000303. The number of aromatic hydroxyl groups is 1. The number of phenols is 1. The molecule has 0 atom stereocenters. The minimum absolute atomic E-state index is 0.198. The topological polar surface area (TPSA) is 55.8 Å².